The lowest BCUT2D eigenvalue weighted by Crippen LogP contribution is -2.27. The van der Waals surface area contributed by atoms with Gasteiger partial charge in [-0.2, -0.15) is 0 Å². The molecule has 0 aliphatic heterocycles. The summed E-state index contributed by atoms with van der Waals surface area (Å²) in [6.07, 6.45) is -4.78. The minimum atomic E-state index is -4.02. The van der Waals surface area contributed by atoms with Crippen LogP contribution >= 0.6 is 0 Å². The lowest BCUT2D eigenvalue weighted by molar-refractivity contribution is -0.141. The third-order valence-corrected chi connectivity index (χ3v) is 10.2. The number of rotatable bonds is 22. The van der Waals surface area contributed by atoms with E-state index in [0.29, 0.717) is 0 Å². The second-order valence-electron chi connectivity index (χ2n) is 13.5. The molecule has 0 spiro atoms. The molecule has 2 unspecified atom stereocenters. The van der Waals surface area contributed by atoms with Crippen molar-refractivity contribution in [1.82, 2.24) is 0 Å². The summed E-state index contributed by atoms with van der Waals surface area (Å²) in [5.74, 6) is -3.52. The number of aliphatic hydroxyl groups is 2. The molecule has 4 aromatic rings. The van der Waals surface area contributed by atoms with E-state index in [1.165, 1.54) is 74.5 Å². The van der Waals surface area contributed by atoms with E-state index in [2.05, 4.69) is 23.8 Å². The molecule has 4 aromatic carbocycles. The van der Waals surface area contributed by atoms with Gasteiger partial charge in [0.1, 0.15) is 23.7 Å². The normalized spacial score (nSPS) is 11.9. The highest BCUT2D eigenvalue weighted by molar-refractivity contribution is 7.91. The van der Waals surface area contributed by atoms with Gasteiger partial charge in [-0.15, -0.1) is 0 Å². The predicted octanol–water partition coefficient (Wildman–Crippen LogP) is 5.64. The second kappa shape index (κ2) is 21.9. The van der Waals surface area contributed by atoms with Gasteiger partial charge in [0.2, 0.25) is 21.7 Å². The molecule has 4 N–H and O–H groups in total. The molecule has 16 nitrogen and oxygen atoms in total. The highest BCUT2D eigenvalue weighted by atomic mass is 32.2. The Bertz CT molecular complexity index is 2230. The third-order valence-electron chi connectivity index (χ3n) is 8.40. The summed E-state index contributed by atoms with van der Waals surface area (Å²) >= 11 is 0. The predicted molar refractivity (Wildman–Crippen MR) is 221 cm³/mol. The van der Waals surface area contributed by atoms with Crippen molar-refractivity contribution in [2.75, 3.05) is 23.8 Å². The van der Waals surface area contributed by atoms with E-state index in [4.69, 9.17) is 18.9 Å². The summed E-state index contributed by atoms with van der Waals surface area (Å²) < 4.78 is 48.6. The average molecular weight is 857 g/mol. The smallest absolute Gasteiger partial charge is 0.333 e. The Morgan fingerprint density at radius 1 is 0.574 bits per heavy atom. The van der Waals surface area contributed by atoms with Crippen LogP contribution in [-0.4, -0.2) is 79.4 Å². The number of ether oxygens (including phenoxy) is 4. The Balaban J connectivity index is 1.32. The Hall–Kier alpha value is -6.95. The van der Waals surface area contributed by atoms with Crippen LogP contribution < -0.4 is 20.1 Å². The number of hydrogen-bond donors (Lipinski definition) is 4. The minimum absolute atomic E-state index is 0.0535. The van der Waals surface area contributed by atoms with Gasteiger partial charge in [0.15, 0.2) is 23.1 Å². The summed E-state index contributed by atoms with van der Waals surface area (Å²) in [5, 5.41) is 25.3. The molecule has 0 saturated carbocycles. The van der Waals surface area contributed by atoms with Crippen LogP contribution in [0.25, 0.3) is 0 Å². The first-order valence-corrected chi connectivity index (χ1v) is 20.1. The highest BCUT2D eigenvalue weighted by Crippen LogP contribution is 2.33. The summed E-state index contributed by atoms with van der Waals surface area (Å²) in [6.45, 7) is 9.32. The van der Waals surface area contributed by atoms with Crippen molar-refractivity contribution < 1.29 is 66.3 Å². The molecule has 0 aromatic heterocycles. The summed E-state index contributed by atoms with van der Waals surface area (Å²) in [4.78, 5) is 72.9. The molecule has 61 heavy (non-hydrogen) atoms. The third kappa shape index (κ3) is 14.1. The summed E-state index contributed by atoms with van der Waals surface area (Å²) in [5.41, 5.74) is 0.739. The molecular formula is C44H44N2O14S. The Labute approximate surface area is 351 Å². The maximum Gasteiger partial charge on any atom is 0.333 e. The number of aliphatic hydroxyl groups excluding tert-OH is 2. The zero-order valence-electron chi connectivity index (χ0n) is 33.3. The number of ketones is 2. The molecular weight excluding hydrogens is 813 g/mol. The van der Waals surface area contributed by atoms with Crippen LogP contribution in [0.2, 0.25) is 0 Å². The number of amides is 2. The molecule has 4 rings (SSSR count). The lowest BCUT2D eigenvalue weighted by Gasteiger charge is -2.14. The van der Waals surface area contributed by atoms with E-state index in [0.717, 1.165) is 0 Å². The van der Waals surface area contributed by atoms with Gasteiger partial charge in [-0.1, -0.05) is 37.4 Å². The van der Waals surface area contributed by atoms with E-state index in [9.17, 15) is 47.4 Å². The second-order valence-corrected chi connectivity index (χ2v) is 15.4. The number of nitrogens with one attached hydrogen (secondary N) is 2. The van der Waals surface area contributed by atoms with Gasteiger partial charge < -0.3 is 39.8 Å². The zero-order valence-corrected chi connectivity index (χ0v) is 34.1. The van der Waals surface area contributed by atoms with E-state index >= 15 is 0 Å². The van der Waals surface area contributed by atoms with Gasteiger partial charge in [0, 0.05) is 24.0 Å². The molecule has 17 heteroatoms. The molecule has 320 valence electrons. The largest absolute Gasteiger partial charge is 0.462 e. The molecule has 2 amide bonds. The van der Waals surface area contributed by atoms with Crippen LogP contribution in [-0.2, 0) is 48.1 Å². The average Bonchev–Trinajstić information content (AvgIpc) is 3.22. The summed E-state index contributed by atoms with van der Waals surface area (Å²) in [7, 11) is -4.02. The fourth-order valence-electron chi connectivity index (χ4n) is 5.12. The molecule has 0 saturated heterocycles. The Kier molecular flexibility index (Phi) is 16.8. The van der Waals surface area contributed by atoms with E-state index in [-0.39, 0.29) is 81.4 Å². The number of hydrogen-bond acceptors (Lipinski definition) is 14. The van der Waals surface area contributed by atoms with Crippen molar-refractivity contribution in [2.45, 2.75) is 61.5 Å². The first kappa shape index (κ1) is 46.7. The van der Waals surface area contributed by atoms with Gasteiger partial charge in [-0.05, 0) is 86.6 Å². The maximum atomic E-state index is 13.5. The number of anilines is 2. The fraction of sp³-hybridized carbons (Fsp3) is 0.227. The van der Waals surface area contributed by atoms with Crippen molar-refractivity contribution in [3.63, 3.8) is 0 Å². The first-order chi connectivity index (χ1) is 28.9. The first-order valence-electron chi connectivity index (χ1n) is 18.6. The Morgan fingerprint density at radius 3 is 1.26 bits per heavy atom. The van der Waals surface area contributed by atoms with E-state index in [1.54, 1.807) is 36.4 Å². The fourth-order valence-corrected chi connectivity index (χ4v) is 6.38. The van der Waals surface area contributed by atoms with Crippen LogP contribution in [0.15, 0.2) is 131 Å². The number of Topliss-reactive ketones (excluding diaryl/α,β-unsaturated/α-hetero) is 2. The minimum Gasteiger partial charge on any atom is -0.462 e. The molecule has 0 fully saturated rings. The van der Waals surface area contributed by atoms with Crippen LogP contribution in [0.5, 0.6) is 23.0 Å². The number of carbonyl (C=O) groups excluding carboxylic acids is 6. The van der Waals surface area contributed by atoms with Gasteiger partial charge >= 0.3 is 11.9 Å². The van der Waals surface area contributed by atoms with Crippen LogP contribution in [0.4, 0.5) is 11.4 Å². The highest BCUT2D eigenvalue weighted by Gasteiger charge is 2.23. The molecule has 0 radical (unpaired) electrons. The monoisotopic (exact) mass is 856 g/mol. The number of carbonyl (C=O) groups is 6. The SMILES string of the molecule is C=C(C)C(=O)OCCC(O)C(=O)CC(=O)Nc1ccccc1Oc1ccc(S(=O)(=O)c2ccc(Oc3ccccc3NC(=O)CC(=O)C(O)CCOC(=O)C(=C)C)cc2)cc1. The van der Waals surface area contributed by atoms with Crippen LogP contribution in [0.1, 0.15) is 39.5 Å². The van der Waals surface area contributed by atoms with Crippen molar-refractivity contribution >= 4 is 56.5 Å². The van der Waals surface area contributed by atoms with Gasteiger partial charge in [-0.3, -0.25) is 19.2 Å². The summed E-state index contributed by atoms with van der Waals surface area (Å²) in [6, 6.07) is 23.7. The zero-order chi connectivity index (χ0) is 44.7. The Morgan fingerprint density at radius 2 is 0.918 bits per heavy atom. The van der Waals surface area contributed by atoms with Gasteiger partial charge in [-0.25, -0.2) is 18.0 Å². The number of benzene rings is 4. The number of esters is 2. The lowest BCUT2D eigenvalue weighted by atomic mass is 10.1. The van der Waals surface area contributed by atoms with Crippen molar-refractivity contribution in [1.29, 1.82) is 0 Å². The molecule has 0 heterocycles. The van der Waals surface area contributed by atoms with Gasteiger partial charge in [0.25, 0.3) is 0 Å². The van der Waals surface area contributed by atoms with Crippen molar-refractivity contribution in [3.05, 3.63) is 121 Å². The molecule has 0 aliphatic rings. The van der Waals surface area contributed by atoms with Crippen molar-refractivity contribution in [3.8, 4) is 23.0 Å². The van der Waals surface area contributed by atoms with Gasteiger partial charge in [0.05, 0.1) is 47.2 Å². The molecule has 2 atom stereocenters. The quantitative estimate of drug-likeness (QED) is 0.0425. The van der Waals surface area contributed by atoms with Crippen LogP contribution in [0.3, 0.4) is 0 Å². The van der Waals surface area contributed by atoms with E-state index in [1.807, 2.05) is 0 Å². The number of sulfone groups is 1. The van der Waals surface area contributed by atoms with E-state index < -0.39 is 70.2 Å². The molecule has 0 bridgehead atoms. The van der Waals surface area contributed by atoms with Crippen LogP contribution in [0, 0.1) is 0 Å². The molecule has 0 aliphatic carbocycles. The maximum absolute atomic E-state index is 13.5. The van der Waals surface area contributed by atoms with Crippen molar-refractivity contribution in [2.24, 2.45) is 0 Å². The topological polar surface area (TPSA) is 238 Å². The number of para-hydroxylation sites is 4. The standard InChI is InChI=1S/C44H44N2O14S/c1-27(2)43(53)57-23-21-35(47)37(49)25-41(51)45-33-9-5-7-11-39(33)59-29-13-17-31(18-14-29)61(55,56)32-19-15-30(16-20-32)60-40-12-8-6-10-34(40)46-42(52)26-38(50)36(48)22-24-58-44(54)28(3)4/h5-20,35-36,47-48H,1,3,21-26H2,2,4H3,(H,45,51)(H,46,52).